The summed E-state index contributed by atoms with van der Waals surface area (Å²) in [5, 5.41) is 3.00. The van der Waals surface area contributed by atoms with Gasteiger partial charge in [0.1, 0.15) is 0 Å². The number of halogens is 1. The van der Waals surface area contributed by atoms with Crippen LogP contribution < -0.4 is 14.8 Å². The fraction of sp³-hybridized carbons (Fsp3) is 0.409. The number of nitrogens with one attached hydrogen (secondary N) is 1. The van der Waals surface area contributed by atoms with E-state index in [1.54, 1.807) is 24.3 Å². The molecule has 31 heavy (non-hydrogen) atoms. The molecule has 0 spiro atoms. The predicted molar refractivity (Wildman–Crippen MR) is 121 cm³/mol. The molecule has 0 unspecified atom stereocenters. The summed E-state index contributed by atoms with van der Waals surface area (Å²) < 4.78 is 38.3. The molecule has 0 radical (unpaired) electrons. The maximum absolute atomic E-state index is 12.9. The van der Waals surface area contributed by atoms with Crippen molar-refractivity contribution in [1.29, 1.82) is 0 Å². The Balaban J connectivity index is 1.81. The Bertz CT molecular complexity index is 1040. The van der Waals surface area contributed by atoms with Crippen LogP contribution in [-0.4, -0.2) is 45.4 Å². The summed E-state index contributed by atoms with van der Waals surface area (Å²) in [6, 6.07) is 9.31. The Kier molecular flexibility index (Phi) is 7.80. The van der Waals surface area contributed by atoms with Gasteiger partial charge in [0.15, 0.2) is 11.5 Å². The molecule has 1 fully saturated rings. The molecule has 7 nitrogen and oxygen atoms in total. The Morgan fingerprint density at radius 3 is 2.58 bits per heavy atom. The van der Waals surface area contributed by atoms with Gasteiger partial charge in [-0.1, -0.05) is 31.0 Å². The van der Waals surface area contributed by atoms with Crippen LogP contribution in [-0.2, 0) is 10.0 Å². The molecule has 0 bridgehead atoms. The van der Waals surface area contributed by atoms with Crippen LogP contribution in [0.4, 0.5) is 5.69 Å². The standard InChI is InChI=1S/C22H27ClN2O5S/c1-3-12-30-21-19(23)13-16(14-20(21)29-2)22(26)24-17-8-7-9-18(15-17)31(27,28)25-10-5-4-6-11-25/h7-9,13-15H,3-6,10-12H2,1-2H3,(H,24,26). The highest BCUT2D eigenvalue weighted by Gasteiger charge is 2.26. The molecule has 0 saturated carbocycles. The summed E-state index contributed by atoms with van der Waals surface area (Å²) in [7, 11) is -2.12. The number of piperidine rings is 1. The normalized spacial score (nSPS) is 14.8. The number of sulfonamides is 1. The molecule has 0 aromatic heterocycles. The summed E-state index contributed by atoms with van der Waals surface area (Å²) in [6.07, 6.45) is 3.56. The molecular weight excluding hydrogens is 440 g/mol. The van der Waals surface area contributed by atoms with Gasteiger partial charge in [0.25, 0.3) is 5.91 Å². The van der Waals surface area contributed by atoms with E-state index in [4.69, 9.17) is 21.1 Å². The number of benzene rings is 2. The van der Waals surface area contributed by atoms with Crippen molar-refractivity contribution in [2.24, 2.45) is 0 Å². The third-order valence-corrected chi connectivity index (χ3v) is 7.16. The number of nitrogens with zero attached hydrogens (tertiary/aromatic N) is 1. The van der Waals surface area contributed by atoms with Gasteiger partial charge < -0.3 is 14.8 Å². The van der Waals surface area contributed by atoms with E-state index in [0.29, 0.717) is 36.9 Å². The summed E-state index contributed by atoms with van der Waals surface area (Å²) in [5.41, 5.74) is 0.652. The maximum Gasteiger partial charge on any atom is 0.255 e. The minimum atomic E-state index is -3.59. The second kappa shape index (κ2) is 10.3. The Morgan fingerprint density at radius 1 is 1.16 bits per heavy atom. The van der Waals surface area contributed by atoms with E-state index in [2.05, 4.69) is 5.32 Å². The molecule has 1 saturated heterocycles. The highest BCUT2D eigenvalue weighted by atomic mass is 35.5. The molecule has 0 aliphatic carbocycles. The van der Waals surface area contributed by atoms with Crippen molar-refractivity contribution in [3.63, 3.8) is 0 Å². The molecule has 1 amide bonds. The monoisotopic (exact) mass is 466 g/mol. The molecule has 1 aliphatic heterocycles. The van der Waals surface area contributed by atoms with Gasteiger partial charge in [-0.05, 0) is 49.6 Å². The van der Waals surface area contributed by atoms with Crippen molar-refractivity contribution in [2.45, 2.75) is 37.5 Å². The van der Waals surface area contributed by atoms with Crippen LogP contribution >= 0.6 is 11.6 Å². The second-order valence-electron chi connectivity index (χ2n) is 7.28. The molecule has 2 aromatic carbocycles. The first-order valence-corrected chi connectivity index (χ1v) is 12.1. The lowest BCUT2D eigenvalue weighted by Gasteiger charge is -2.26. The molecule has 1 aliphatic rings. The number of hydrogen-bond acceptors (Lipinski definition) is 5. The van der Waals surface area contributed by atoms with Gasteiger partial charge in [-0.2, -0.15) is 4.31 Å². The topological polar surface area (TPSA) is 84.9 Å². The fourth-order valence-corrected chi connectivity index (χ4v) is 5.22. The van der Waals surface area contributed by atoms with Crippen molar-refractivity contribution >= 4 is 33.2 Å². The highest BCUT2D eigenvalue weighted by molar-refractivity contribution is 7.89. The predicted octanol–water partition coefficient (Wildman–Crippen LogP) is 4.56. The van der Waals surface area contributed by atoms with Gasteiger partial charge in [0.05, 0.1) is 23.6 Å². The second-order valence-corrected chi connectivity index (χ2v) is 9.63. The van der Waals surface area contributed by atoms with Gasteiger partial charge in [0.2, 0.25) is 10.0 Å². The molecule has 1 N–H and O–H groups in total. The highest BCUT2D eigenvalue weighted by Crippen LogP contribution is 2.36. The zero-order chi connectivity index (χ0) is 22.4. The van der Waals surface area contributed by atoms with Crippen molar-refractivity contribution in [1.82, 2.24) is 4.31 Å². The zero-order valence-electron chi connectivity index (χ0n) is 17.7. The molecular formula is C22H27ClN2O5S. The van der Waals surface area contributed by atoms with Crippen molar-refractivity contribution in [2.75, 3.05) is 32.1 Å². The molecule has 2 aromatic rings. The number of hydrogen-bond donors (Lipinski definition) is 1. The number of rotatable bonds is 8. The Morgan fingerprint density at radius 2 is 1.90 bits per heavy atom. The van der Waals surface area contributed by atoms with E-state index in [0.717, 1.165) is 25.7 Å². The smallest absolute Gasteiger partial charge is 0.255 e. The van der Waals surface area contributed by atoms with Gasteiger partial charge in [-0.25, -0.2) is 8.42 Å². The summed E-state index contributed by atoms with van der Waals surface area (Å²) in [5.74, 6) is 0.305. The van der Waals surface area contributed by atoms with Crippen molar-refractivity contribution < 1.29 is 22.7 Å². The summed E-state index contributed by atoms with van der Waals surface area (Å²) in [4.78, 5) is 13.0. The van der Waals surface area contributed by atoms with Crippen LogP contribution in [0.3, 0.4) is 0 Å². The fourth-order valence-electron chi connectivity index (χ4n) is 3.39. The lowest BCUT2D eigenvalue weighted by molar-refractivity contribution is 0.102. The van der Waals surface area contributed by atoms with Gasteiger partial charge in [-0.15, -0.1) is 0 Å². The average Bonchev–Trinajstić information content (AvgIpc) is 2.78. The number of carbonyl (C=O) groups excluding carboxylic acids is 1. The third kappa shape index (κ3) is 5.50. The van der Waals surface area contributed by atoms with E-state index < -0.39 is 15.9 Å². The first-order valence-electron chi connectivity index (χ1n) is 10.3. The lowest BCUT2D eigenvalue weighted by Crippen LogP contribution is -2.35. The number of carbonyl (C=O) groups is 1. The number of methoxy groups -OCH3 is 1. The van der Waals surface area contributed by atoms with Gasteiger partial charge in [0, 0.05) is 24.3 Å². The van der Waals surface area contributed by atoms with Crippen molar-refractivity contribution in [3.05, 3.63) is 47.0 Å². The van der Waals surface area contributed by atoms with Gasteiger partial charge in [-0.3, -0.25) is 4.79 Å². The molecule has 1 heterocycles. The summed E-state index contributed by atoms with van der Waals surface area (Å²) in [6.45, 7) is 3.48. The van der Waals surface area contributed by atoms with E-state index in [-0.39, 0.29) is 15.5 Å². The zero-order valence-corrected chi connectivity index (χ0v) is 19.3. The van der Waals surface area contributed by atoms with Crippen LogP contribution in [0.15, 0.2) is 41.3 Å². The first kappa shape index (κ1) is 23.4. The maximum atomic E-state index is 12.9. The van der Waals surface area contributed by atoms with E-state index in [1.807, 2.05) is 6.92 Å². The van der Waals surface area contributed by atoms with Crippen LogP contribution in [0.2, 0.25) is 5.02 Å². The lowest BCUT2D eigenvalue weighted by atomic mass is 10.1. The Labute approximate surface area is 188 Å². The number of anilines is 1. The Hall–Kier alpha value is -2.29. The molecule has 168 valence electrons. The summed E-state index contributed by atoms with van der Waals surface area (Å²) >= 11 is 6.30. The van der Waals surface area contributed by atoms with Crippen molar-refractivity contribution in [3.8, 4) is 11.5 Å². The van der Waals surface area contributed by atoms with Crippen LogP contribution in [0, 0.1) is 0 Å². The molecule has 9 heteroatoms. The molecule has 0 atom stereocenters. The largest absolute Gasteiger partial charge is 0.493 e. The van der Waals surface area contributed by atoms with Crippen LogP contribution in [0.1, 0.15) is 43.0 Å². The number of amides is 1. The first-order chi connectivity index (χ1) is 14.9. The third-order valence-electron chi connectivity index (χ3n) is 4.99. The van der Waals surface area contributed by atoms with E-state index in [9.17, 15) is 13.2 Å². The SMILES string of the molecule is CCCOc1c(Cl)cc(C(=O)Nc2cccc(S(=O)(=O)N3CCCCC3)c2)cc1OC. The minimum absolute atomic E-state index is 0.158. The van der Waals surface area contributed by atoms with E-state index in [1.165, 1.54) is 23.5 Å². The van der Waals surface area contributed by atoms with E-state index >= 15 is 0 Å². The minimum Gasteiger partial charge on any atom is -0.493 e. The average molecular weight is 467 g/mol. The quantitative estimate of drug-likeness (QED) is 0.616. The van der Waals surface area contributed by atoms with Gasteiger partial charge >= 0.3 is 0 Å². The van der Waals surface area contributed by atoms with Crippen LogP contribution in [0.5, 0.6) is 11.5 Å². The number of ether oxygens (including phenoxy) is 2. The molecule has 3 rings (SSSR count). The van der Waals surface area contributed by atoms with Crippen LogP contribution in [0.25, 0.3) is 0 Å².